The molecule has 0 radical (unpaired) electrons. The van der Waals surface area contributed by atoms with Gasteiger partial charge in [0.2, 0.25) is 11.8 Å². The molecule has 1 aromatic rings. The molecule has 1 aliphatic rings. The molecule has 0 aliphatic heterocycles. The van der Waals surface area contributed by atoms with Crippen LogP contribution >= 0.6 is 12.4 Å². The number of rotatable bonds is 4. The van der Waals surface area contributed by atoms with Gasteiger partial charge in [-0.15, -0.1) is 12.4 Å². The smallest absolute Gasteiger partial charge is 0.231 e. The van der Waals surface area contributed by atoms with E-state index in [1.54, 1.807) is 6.07 Å². The summed E-state index contributed by atoms with van der Waals surface area (Å²) in [7, 11) is 0. The summed E-state index contributed by atoms with van der Waals surface area (Å²) >= 11 is 0. The molecule has 0 bridgehead atoms. The number of amides is 2. The maximum atomic E-state index is 12.6. The van der Waals surface area contributed by atoms with E-state index in [9.17, 15) is 9.59 Å². The molecule has 0 atom stereocenters. The number of carbonyl (C=O) groups is 2. The summed E-state index contributed by atoms with van der Waals surface area (Å²) in [6.45, 7) is 3.76. The Kier molecular flexibility index (Phi) is 6.38. The molecule has 0 heterocycles. The minimum atomic E-state index is -0.434. The van der Waals surface area contributed by atoms with Gasteiger partial charge in [0.1, 0.15) is 0 Å². The van der Waals surface area contributed by atoms with E-state index < -0.39 is 5.41 Å². The number of anilines is 2. The van der Waals surface area contributed by atoms with Crippen molar-refractivity contribution in [3.8, 4) is 0 Å². The topological polar surface area (TPSA) is 84.2 Å². The number of hydrogen-bond acceptors (Lipinski definition) is 3. The summed E-state index contributed by atoms with van der Waals surface area (Å²) in [5.74, 6) is -0.143. The second-order valence-corrected chi connectivity index (χ2v) is 5.86. The Bertz CT molecular complexity index is 554. The Morgan fingerprint density at radius 2 is 1.86 bits per heavy atom. The number of nitrogens with one attached hydrogen (secondary N) is 2. The van der Waals surface area contributed by atoms with Gasteiger partial charge in [-0.3, -0.25) is 9.59 Å². The highest BCUT2D eigenvalue weighted by Gasteiger charge is 2.39. The summed E-state index contributed by atoms with van der Waals surface area (Å²) < 4.78 is 0. The quantitative estimate of drug-likeness (QED) is 0.795. The third kappa shape index (κ3) is 3.99. The SMILES string of the molecule is CC(=O)Nc1ccc(C)c(NC(=O)C2(CN)CCCC2)c1.Cl. The van der Waals surface area contributed by atoms with Crippen molar-refractivity contribution in [2.45, 2.75) is 39.5 Å². The van der Waals surface area contributed by atoms with Crippen molar-refractivity contribution in [2.24, 2.45) is 11.1 Å². The molecule has 22 heavy (non-hydrogen) atoms. The second-order valence-electron chi connectivity index (χ2n) is 5.86. The van der Waals surface area contributed by atoms with Gasteiger partial charge < -0.3 is 16.4 Å². The summed E-state index contributed by atoms with van der Waals surface area (Å²) in [6, 6.07) is 5.49. The third-order valence-corrected chi connectivity index (χ3v) is 4.24. The van der Waals surface area contributed by atoms with Gasteiger partial charge in [0.05, 0.1) is 5.41 Å². The van der Waals surface area contributed by atoms with Gasteiger partial charge >= 0.3 is 0 Å². The molecular formula is C16H24ClN3O2. The van der Waals surface area contributed by atoms with Crippen LogP contribution in [0.1, 0.15) is 38.2 Å². The van der Waals surface area contributed by atoms with Crippen molar-refractivity contribution in [2.75, 3.05) is 17.2 Å². The molecule has 0 unspecified atom stereocenters. The average Bonchev–Trinajstić information content (AvgIpc) is 2.92. The van der Waals surface area contributed by atoms with E-state index in [-0.39, 0.29) is 24.2 Å². The fraction of sp³-hybridized carbons (Fsp3) is 0.500. The zero-order valence-corrected chi connectivity index (χ0v) is 13.9. The molecule has 1 saturated carbocycles. The van der Waals surface area contributed by atoms with Gasteiger partial charge in [-0.25, -0.2) is 0 Å². The van der Waals surface area contributed by atoms with Gasteiger partial charge in [-0.1, -0.05) is 18.9 Å². The van der Waals surface area contributed by atoms with Crippen LogP contribution in [0.15, 0.2) is 18.2 Å². The van der Waals surface area contributed by atoms with Crippen LogP contribution in [-0.2, 0) is 9.59 Å². The zero-order chi connectivity index (χ0) is 15.5. The van der Waals surface area contributed by atoms with Crippen LogP contribution in [0.4, 0.5) is 11.4 Å². The molecule has 1 aliphatic carbocycles. The van der Waals surface area contributed by atoms with E-state index in [2.05, 4.69) is 10.6 Å². The Balaban J connectivity index is 0.00000242. The molecule has 0 saturated heterocycles. The van der Waals surface area contributed by atoms with E-state index >= 15 is 0 Å². The normalized spacial score (nSPS) is 15.8. The predicted octanol–water partition coefficient (Wildman–Crippen LogP) is 2.83. The summed E-state index contributed by atoms with van der Waals surface area (Å²) in [5.41, 5.74) is 7.77. The highest BCUT2D eigenvalue weighted by atomic mass is 35.5. The first-order chi connectivity index (χ1) is 9.97. The van der Waals surface area contributed by atoms with Crippen molar-refractivity contribution < 1.29 is 9.59 Å². The number of benzene rings is 1. The first-order valence-electron chi connectivity index (χ1n) is 7.37. The van der Waals surface area contributed by atoms with Crippen molar-refractivity contribution in [3.63, 3.8) is 0 Å². The number of hydrogen-bond donors (Lipinski definition) is 3. The van der Waals surface area contributed by atoms with Crippen molar-refractivity contribution >= 4 is 35.6 Å². The summed E-state index contributed by atoms with van der Waals surface area (Å²) in [5, 5.41) is 5.71. The Morgan fingerprint density at radius 1 is 1.23 bits per heavy atom. The largest absolute Gasteiger partial charge is 0.329 e. The van der Waals surface area contributed by atoms with Gasteiger partial charge in [-0.2, -0.15) is 0 Å². The van der Waals surface area contributed by atoms with Crippen LogP contribution in [0, 0.1) is 12.3 Å². The number of carbonyl (C=O) groups excluding carboxylic acids is 2. The van der Waals surface area contributed by atoms with E-state index in [1.165, 1.54) is 6.92 Å². The molecule has 5 nitrogen and oxygen atoms in total. The maximum Gasteiger partial charge on any atom is 0.231 e. The molecule has 2 rings (SSSR count). The molecule has 1 fully saturated rings. The van der Waals surface area contributed by atoms with E-state index in [4.69, 9.17) is 5.73 Å². The molecule has 1 aromatic carbocycles. The number of aryl methyl sites for hydroxylation is 1. The lowest BCUT2D eigenvalue weighted by atomic mass is 9.85. The van der Waals surface area contributed by atoms with Crippen molar-refractivity contribution in [1.29, 1.82) is 0 Å². The molecule has 6 heteroatoms. The van der Waals surface area contributed by atoms with Crippen LogP contribution in [0.2, 0.25) is 0 Å². The Labute approximate surface area is 137 Å². The van der Waals surface area contributed by atoms with Crippen molar-refractivity contribution in [3.05, 3.63) is 23.8 Å². The first-order valence-corrected chi connectivity index (χ1v) is 7.37. The lowest BCUT2D eigenvalue weighted by Gasteiger charge is -2.26. The summed E-state index contributed by atoms with van der Waals surface area (Å²) in [6.07, 6.45) is 3.80. The van der Waals surface area contributed by atoms with Crippen LogP contribution in [0.25, 0.3) is 0 Å². The number of nitrogens with two attached hydrogens (primary N) is 1. The lowest BCUT2D eigenvalue weighted by Crippen LogP contribution is -2.40. The summed E-state index contributed by atoms with van der Waals surface area (Å²) in [4.78, 5) is 23.7. The molecule has 122 valence electrons. The fourth-order valence-electron chi connectivity index (χ4n) is 2.87. The fourth-order valence-corrected chi connectivity index (χ4v) is 2.87. The highest BCUT2D eigenvalue weighted by Crippen LogP contribution is 2.38. The van der Waals surface area contributed by atoms with Gasteiger partial charge in [0.15, 0.2) is 0 Å². The standard InChI is InChI=1S/C16H23N3O2.ClH/c1-11-5-6-13(18-12(2)20)9-14(11)19-15(21)16(10-17)7-3-4-8-16;/h5-6,9H,3-4,7-8,10,17H2,1-2H3,(H,18,20)(H,19,21);1H. The van der Waals surface area contributed by atoms with E-state index in [1.807, 2.05) is 19.1 Å². The monoisotopic (exact) mass is 325 g/mol. The maximum absolute atomic E-state index is 12.6. The first kappa shape index (κ1) is 18.5. The molecule has 4 N–H and O–H groups in total. The molecule has 2 amide bonds. The molecule has 0 spiro atoms. The second kappa shape index (κ2) is 7.61. The van der Waals surface area contributed by atoms with Crippen LogP contribution in [0.5, 0.6) is 0 Å². The van der Waals surface area contributed by atoms with Crippen LogP contribution in [0.3, 0.4) is 0 Å². The molecule has 0 aromatic heterocycles. The predicted molar refractivity (Wildman–Crippen MR) is 91.3 cm³/mol. The van der Waals surface area contributed by atoms with Gasteiger partial charge in [0, 0.05) is 24.8 Å². The minimum Gasteiger partial charge on any atom is -0.329 e. The van der Waals surface area contributed by atoms with Gasteiger partial charge in [0.25, 0.3) is 0 Å². The zero-order valence-electron chi connectivity index (χ0n) is 13.1. The Hall–Kier alpha value is -1.59. The molecular weight excluding hydrogens is 302 g/mol. The minimum absolute atomic E-state index is 0. The lowest BCUT2D eigenvalue weighted by molar-refractivity contribution is -0.124. The number of halogens is 1. The highest BCUT2D eigenvalue weighted by molar-refractivity contribution is 5.97. The Morgan fingerprint density at radius 3 is 2.41 bits per heavy atom. The van der Waals surface area contributed by atoms with E-state index in [0.717, 1.165) is 36.9 Å². The van der Waals surface area contributed by atoms with E-state index in [0.29, 0.717) is 12.2 Å². The van der Waals surface area contributed by atoms with Crippen LogP contribution in [-0.4, -0.2) is 18.4 Å². The van der Waals surface area contributed by atoms with Crippen molar-refractivity contribution in [1.82, 2.24) is 0 Å². The average molecular weight is 326 g/mol. The van der Waals surface area contributed by atoms with Crippen LogP contribution < -0.4 is 16.4 Å². The third-order valence-electron chi connectivity index (χ3n) is 4.24. The van der Waals surface area contributed by atoms with Gasteiger partial charge in [-0.05, 0) is 37.5 Å².